The zero-order valence-corrected chi connectivity index (χ0v) is 13.0. The largest absolute Gasteiger partial charge is 0.416 e. The molecule has 0 amide bonds. The van der Waals surface area contributed by atoms with Crippen molar-refractivity contribution in [1.29, 1.82) is 0 Å². The lowest BCUT2D eigenvalue weighted by Gasteiger charge is -2.32. The lowest BCUT2D eigenvalue weighted by atomic mass is 9.83. The van der Waals surface area contributed by atoms with Crippen LogP contribution in [0.2, 0.25) is 0 Å². The molecule has 1 aromatic rings. The van der Waals surface area contributed by atoms with Crippen LogP contribution < -0.4 is 0 Å². The zero-order valence-electron chi connectivity index (χ0n) is 12.2. The SMILES string of the molecule is CN(C)CC1CCCC1(O)c1ccc(C(F)(F)F)cc1.Cl. The molecule has 1 saturated carbocycles. The molecule has 1 aliphatic carbocycles. The van der Waals surface area contributed by atoms with Crippen LogP contribution >= 0.6 is 12.4 Å². The molecule has 0 bridgehead atoms. The summed E-state index contributed by atoms with van der Waals surface area (Å²) in [5, 5.41) is 10.9. The number of nitrogens with zero attached hydrogens (tertiary/aromatic N) is 1. The maximum Gasteiger partial charge on any atom is 0.416 e. The number of hydrogen-bond donors (Lipinski definition) is 1. The average Bonchev–Trinajstić information content (AvgIpc) is 2.71. The van der Waals surface area contributed by atoms with Gasteiger partial charge in [0.25, 0.3) is 0 Å². The molecule has 2 unspecified atom stereocenters. The Hall–Kier alpha value is -0.780. The first-order valence-corrected chi connectivity index (χ1v) is 6.78. The van der Waals surface area contributed by atoms with Gasteiger partial charge in [0.2, 0.25) is 0 Å². The van der Waals surface area contributed by atoms with E-state index in [2.05, 4.69) is 0 Å². The Morgan fingerprint density at radius 3 is 2.29 bits per heavy atom. The van der Waals surface area contributed by atoms with Crippen LogP contribution in [0, 0.1) is 5.92 Å². The first-order chi connectivity index (χ1) is 9.23. The second-order valence-corrected chi connectivity index (χ2v) is 5.85. The predicted molar refractivity (Wildman–Crippen MR) is 78.5 cm³/mol. The Balaban J connectivity index is 0.00000220. The average molecular weight is 324 g/mol. The van der Waals surface area contributed by atoms with Crippen LogP contribution in [0.1, 0.15) is 30.4 Å². The van der Waals surface area contributed by atoms with Crippen LogP contribution in [-0.2, 0) is 11.8 Å². The van der Waals surface area contributed by atoms with E-state index in [4.69, 9.17) is 0 Å². The minimum absolute atomic E-state index is 0. The van der Waals surface area contributed by atoms with Crippen LogP contribution in [0.4, 0.5) is 13.2 Å². The summed E-state index contributed by atoms with van der Waals surface area (Å²) in [6.45, 7) is 0.734. The highest BCUT2D eigenvalue weighted by molar-refractivity contribution is 5.85. The third-order valence-electron chi connectivity index (χ3n) is 4.08. The van der Waals surface area contributed by atoms with E-state index in [0.29, 0.717) is 12.0 Å². The van der Waals surface area contributed by atoms with Gasteiger partial charge in [0.05, 0.1) is 11.2 Å². The summed E-state index contributed by atoms with van der Waals surface area (Å²) in [6.07, 6.45) is -1.93. The normalized spacial score (nSPS) is 26.0. The molecular formula is C15H21ClF3NO. The van der Waals surface area contributed by atoms with E-state index in [9.17, 15) is 18.3 Å². The molecule has 0 saturated heterocycles. The van der Waals surface area contributed by atoms with Gasteiger partial charge in [-0.25, -0.2) is 0 Å². The molecule has 1 aromatic carbocycles. The summed E-state index contributed by atoms with van der Waals surface area (Å²) in [4.78, 5) is 2.00. The Kier molecular flexibility index (Phi) is 5.69. The van der Waals surface area contributed by atoms with Gasteiger partial charge in [-0.1, -0.05) is 12.1 Å². The fourth-order valence-corrected chi connectivity index (χ4v) is 3.07. The molecule has 2 atom stereocenters. The Morgan fingerprint density at radius 1 is 1.24 bits per heavy atom. The molecule has 1 aliphatic rings. The molecule has 2 nitrogen and oxygen atoms in total. The molecule has 2 rings (SSSR count). The molecule has 120 valence electrons. The quantitative estimate of drug-likeness (QED) is 0.917. The minimum atomic E-state index is -4.33. The van der Waals surface area contributed by atoms with Gasteiger partial charge in [-0.3, -0.25) is 0 Å². The van der Waals surface area contributed by atoms with Crippen molar-refractivity contribution in [1.82, 2.24) is 4.90 Å². The number of benzene rings is 1. The van der Waals surface area contributed by atoms with Crippen LogP contribution in [-0.4, -0.2) is 30.6 Å². The summed E-state index contributed by atoms with van der Waals surface area (Å²) in [6, 6.07) is 4.93. The van der Waals surface area contributed by atoms with E-state index < -0.39 is 17.3 Å². The number of aliphatic hydroxyl groups is 1. The first-order valence-electron chi connectivity index (χ1n) is 6.78. The van der Waals surface area contributed by atoms with Gasteiger partial charge in [0.1, 0.15) is 0 Å². The van der Waals surface area contributed by atoms with E-state index in [0.717, 1.165) is 31.5 Å². The Labute approximate surface area is 129 Å². The van der Waals surface area contributed by atoms with Gasteiger partial charge < -0.3 is 10.0 Å². The number of alkyl halides is 3. The molecule has 1 N–H and O–H groups in total. The van der Waals surface area contributed by atoms with Crippen molar-refractivity contribution >= 4 is 12.4 Å². The summed E-state index contributed by atoms with van der Waals surface area (Å²) in [5.74, 6) is 0.0641. The van der Waals surface area contributed by atoms with Crippen molar-refractivity contribution in [3.8, 4) is 0 Å². The van der Waals surface area contributed by atoms with Crippen molar-refractivity contribution < 1.29 is 18.3 Å². The number of halogens is 4. The van der Waals surface area contributed by atoms with Crippen LogP contribution in [0.25, 0.3) is 0 Å². The fraction of sp³-hybridized carbons (Fsp3) is 0.600. The fourth-order valence-electron chi connectivity index (χ4n) is 3.07. The molecular weight excluding hydrogens is 303 g/mol. The van der Waals surface area contributed by atoms with Gasteiger partial charge in [-0.15, -0.1) is 12.4 Å². The van der Waals surface area contributed by atoms with Crippen LogP contribution in [0.5, 0.6) is 0 Å². The van der Waals surface area contributed by atoms with Crippen molar-refractivity contribution in [2.75, 3.05) is 20.6 Å². The molecule has 0 aliphatic heterocycles. The highest BCUT2D eigenvalue weighted by Gasteiger charge is 2.43. The standard InChI is InChI=1S/C15H20F3NO.ClH/c1-19(2)10-13-4-3-9-14(13,20)11-5-7-12(8-6-11)15(16,17)18;/h5-8,13,20H,3-4,9-10H2,1-2H3;1H. The van der Waals surface area contributed by atoms with Crippen molar-refractivity contribution in [3.05, 3.63) is 35.4 Å². The second-order valence-electron chi connectivity index (χ2n) is 5.85. The second kappa shape index (κ2) is 6.55. The highest BCUT2D eigenvalue weighted by atomic mass is 35.5. The third kappa shape index (κ3) is 3.90. The van der Waals surface area contributed by atoms with Crippen molar-refractivity contribution in [2.45, 2.75) is 31.0 Å². The number of hydrogen-bond acceptors (Lipinski definition) is 2. The molecule has 0 heterocycles. The molecule has 0 spiro atoms. The highest BCUT2D eigenvalue weighted by Crippen LogP contribution is 2.44. The molecule has 1 fully saturated rings. The predicted octanol–water partition coefficient (Wildman–Crippen LogP) is 3.68. The van der Waals surface area contributed by atoms with E-state index in [1.165, 1.54) is 12.1 Å². The van der Waals surface area contributed by atoms with Gasteiger partial charge in [-0.2, -0.15) is 13.2 Å². The molecule has 21 heavy (non-hydrogen) atoms. The van der Waals surface area contributed by atoms with Gasteiger partial charge in [0, 0.05) is 12.5 Å². The third-order valence-corrected chi connectivity index (χ3v) is 4.08. The lowest BCUT2D eigenvalue weighted by Crippen LogP contribution is -2.36. The van der Waals surface area contributed by atoms with Gasteiger partial charge in [-0.05, 0) is 51.1 Å². The zero-order chi connectivity index (χ0) is 15.0. The monoisotopic (exact) mass is 323 g/mol. The minimum Gasteiger partial charge on any atom is -0.385 e. The maximum atomic E-state index is 12.6. The van der Waals surface area contributed by atoms with Crippen molar-refractivity contribution in [3.63, 3.8) is 0 Å². The molecule has 0 aromatic heterocycles. The van der Waals surface area contributed by atoms with Crippen LogP contribution in [0.15, 0.2) is 24.3 Å². The van der Waals surface area contributed by atoms with E-state index in [1.54, 1.807) is 0 Å². The topological polar surface area (TPSA) is 23.5 Å². The molecule has 0 radical (unpaired) electrons. The Bertz CT molecular complexity index is 461. The van der Waals surface area contributed by atoms with Gasteiger partial charge in [0.15, 0.2) is 0 Å². The summed E-state index contributed by atoms with van der Waals surface area (Å²) >= 11 is 0. The number of rotatable bonds is 3. The van der Waals surface area contributed by atoms with E-state index in [1.807, 2.05) is 19.0 Å². The molecule has 6 heteroatoms. The van der Waals surface area contributed by atoms with E-state index >= 15 is 0 Å². The first kappa shape index (κ1) is 18.3. The maximum absolute atomic E-state index is 12.6. The Morgan fingerprint density at radius 2 is 1.81 bits per heavy atom. The van der Waals surface area contributed by atoms with Crippen molar-refractivity contribution in [2.24, 2.45) is 5.92 Å². The summed E-state index contributed by atoms with van der Waals surface area (Å²) in [5.41, 5.74) is -1.09. The smallest absolute Gasteiger partial charge is 0.385 e. The lowest BCUT2D eigenvalue weighted by molar-refractivity contribution is -0.137. The van der Waals surface area contributed by atoms with Gasteiger partial charge >= 0.3 is 6.18 Å². The summed E-state index contributed by atoms with van der Waals surface area (Å²) < 4.78 is 37.7. The van der Waals surface area contributed by atoms with E-state index in [-0.39, 0.29) is 18.3 Å². The van der Waals surface area contributed by atoms with Crippen LogP contribution in [0.3, 0.4) is 0 Å². The summed E-state index contributed by atoms with van der Waals surface area (Å²) in [7, 11) is 3.87.